The fraction of sp³-hybridized carbons (Fsp3) is 0.167. The van der Waals surface area contributed by atoms with Gasteiger partial charge in [-0.15, -0.1) is 0 Å². The van der Waals surface area contributed by atoms with Crippen LogP contribution in [0, 0.1) is 16.0 Å². The van der Waals surface area contributed by atoms with Crippen LogP contribution in [0.25, 0.3) is 0 Å². The normalized spacial score (nSPS) is 21.4. The summed E-state index contributed by atoms with van der Waals surface area (Å²) in [6.45, 7) is 0. The van der Waals surface area contributed by atoms with Crippen LogP contribution in [0.3, 0.4) is 0 Å². The van der Waals surface area contributed by atoms with Gasteiger partial charge in [0.1, 0.15) is 11.7 Å². The molecule has 3 atom stereocenters. The Labute approximate surface area is 213 Å². The number of nitrogens with zero attached hydrogens (tertiary/aromatic N) is 3. The van der Waals surface area contributed by atoms with E-state index in [4.69, 9.17) is 21.2 Å². The predicted octanol–water partition coefficient (Wildman–Crippen LogP) is 5.07. The second-order valence-corrected chi connectivity index (χ2v) is 9.33. The topological polar surface area (TPSA) is 102 Å². The lowest BCUT2D eigenvalue weighted by Gasteiger charge is -2.29. The number of halogens is 2. The third-order valence-corrected chi connectivity index (χ3v) is 6.75. The van der Waals surface area contributed by atoms with Crippen LogP contribution in [0.4, 0.5) is 17.1 Å². The molecule has 3 aromatic carbocycles. The molecule has 11 heteroatoms. The fourth-order valence-corrected chi connectivity index (χ4v) is 4.98. The quantitative estimate of drug-likeness (QED) is 0.245. The molecule has 35 heavy (non-hydrogen) atoms. The molecule has 0 aromatic heterocycles. The Bertz CT molecular complexity index is 1350. The van der Waals surface area contributed by atoms with Gasteiger partial charge in [-0.3, -0.25) is 24.5 Å². The molecular weight excluding hydrogens is 542 g/mol. The molecule has 0 spiro atoms. The Balaban J connectivity index is 1.64. The molecule has 2 aliphatic heterocycles. The number of amides is 2. The number of ether oxygens (including phenoxy) is 1. The molecule has 0 N–H and O–H groups in total. The highest BCUT2D eigenvalue weighted by atomic mass is 79.9. The van der Waals surface area contributed by atoms with Crippen molar-refractivity contribution in [2.45, 2.75) is 12.1 Å². The SMILES string of the molecule is COc1ccc(Br)cc1C1C2C(=O)N(c3ccc(Cl)cc3)C(=O)C2ON1c1cccc([N+](=O)[O-])c1. The van der Waals surface area contributed by atoms with Gasteiger partial charge in [0.2, 0.25) is 5.91 Å². The van der Waals surface area contributed by atoms with E-state index in [1.54, 1.807) is 48.5 Å². The molecule has 2 amide bonds. The highest BCUT2D eigenvalue weighted by Gasteiger charge is 2.60. The van der Waals surface area contributed by atoms with Gasteiger partial charge in [-0.05, 0) is 48.5 Å². The summed E-state index contributed by atoms with van der Waals surface area (Å²) >= 11 is 9.43. The van der Waals surface area contributed by atoms with Crippen molar-refractivity contribution in [2.24, 2.45) is 5.92 Å². The van der Waals surface area contributed by atoms with E-state index >= 15 is 0 Å². The van der Waals surface area contributed by atoms with Gasteiger partial charge in [0.05, 0.1) is 29.4 Å². The largest absolute Gasteiger partial charge is 0.496 e. The number of hydrogen-bond acceptors (Lipinski definition) is 7. The first-order chi connectivity index (χ1) is 16.8. The monoisotopic (exact) mass is 557 g/mol. The number of hydroxylamine groups is 1. The Morgan fingerprint density at radius 2 is 1.77 bits per heavy atom. The molecule has 0 radical (unpaired) electrons. The first kappa shape index (κ1) is 23.3. The number of imide groups is 1. The van der Waals surface area contributed by atoms with E-state index in [-0.39, 0.29) is 5.69 Å². The van der Waals surface area contributed by atoms with Crippen molar-refractivity contribution in [3.05, 3.63) is 91.9 Å². The lowest BCUT2D eigenvalue weighted by atomic mass is 9.90. The van der Waals surface area contributed by atoms with Crippen LogP contribution in [0.2, 0.25) is 5.02 Å². The van der Waals surface area contributed by atoms with Crippen molar-refractivity contribution in [1.82, 2.24) is 0 Å². The number of rotatable bonds is 5. The van der Waals surface area contributed by atoms with Gasteiger partial charge in [-0.25, -0.2) is 9.96 Å². The lowest BCUT2D eigenvalue weighted by molar-refractivity contribution is -0.384. The van der Waals surface area contributed by atoms with Crippen molar-refractivity contribution in [3.8, 4) is 5.75 Å². The molecule has 0 bridgehead atoms. The van der Waals surface area contributed by atoms with E-state index in [2.05, 4.69) is 15.9 Å². The highest BCUT2D eigenvalue weighted by Crippen LogP contribution is 2.50. The van der Waals surface area contributed by atoms with Crippen LogP contribution >= 0.6 is 27.5 Å². The standard InChI is InChI=1S/C24H17BrClN3O6/c1-34-19-10-5-13(25)11-18(19)21-20-22(35-28(21)16-3-2-4-17(12-16)29(32)33)24(31)27(23(20)30)15-8-6-14(26)7-9-15/h2-12,20-22H,1H3. The number of hydrogen-bond donors (Lipinski definition) is 0. The number of carbonyl (C=O) groups excluding carboxylic acids is 2. The van der Waals surface area contributed by atoms with Gasteiger partial charge in [-0.2, -0.15) is 0 Å². The Morgan fingerprint density at radius 1 is 1.03 bits per heavy atom. The Hall–Kier alpha value is -3.47. The second kappa shape index (κ2) is 8.95. The summed E-state index contributed by atoms with van der Waals surface area (Å²) in [7, 11) is 1.50. The number of nitro groups is 1. The third-order valence-electron chi connectivity index (χ3n) is 6.01. The Morgan fingerprint density at radius 3 is 2.46 bits per heavy atom. The average molecular weight is 559 g/mol. The minimum atomic E-state index is -1.13. The van der Waals surface area contributed by atoms with E-state index < -0.39 is 34.8 Å². The number of fused-ring (bicyclic) bond motifs is 1. The van der Waals surface area contributed by atoms with Gasteiger partial charge in [0.15, 0.2) is 6.10 Å². The van der Waals surface area contributed by atoms with Crippen LogP contribution in [0.1, 0.15) is 11.6 Å². The average Bonchev–Trinajstić information content (AvgIpc) is 3.36. The van der Waals surface area contributed by atoms with E-state index in [1.165, 1.54) is 30.4 Å². The van der Waals surface area contributed by atoms with Crippen LogP contribution in [-0.2, 0) is 14.4 Å². The first-order valence-corrected chi connectivity index (χ1v) is 11.6. The molecule has 0 aliphatic carbocycles. The van der Waals surface area contributed by atoms with Crippen LogP contribution in [0.15, 0.2) is 71.2 Å². The van der Waals surface area contributed by atoms with E-state index in [0.29, 0.717) is 27.7 Å². The summed E-state index contributed by atoms with van der Waals surface area (Å²) in [6, 6.07) is 16.7. The van der Waals surface area contributed by atoms with Crippen molar-refractivity contribution in [1.29, 1.82) is 0 Å². The van der Waals surface area contributed by atoms with Gasteiger partial charge >= 0.3 is 0 Å². The number of nitro benzene ring substituents is 1. The van der Waals surface area contributed by atoms with E-state index in [1.807, 2.05) is 0 Å². The smallest absolute Gasteiger partial charge is 0.271 e. The van der Waals surface area contributed by atoms with Gasteiger partial charge in [-0.1, -0.05) is 33.6 Å². The summed E-state index contributed by atoms with van der Waals surface area (Å²) in [5.74, 6) is -1.44. The van der Waals surface area contributed by atoms with Gasteiger partial charge in [0, 0.05) is 27.2 Å². The molecule has 2 fully saturated rings. The van der Waals surface area contributed by atoms with Crippen molar-refractivity contribution < 1.29 is 24.1 Å². The number of methoxy groups -OCH3 is 1. The molecule has 3 aromatic rings. The van der Waals surface area contributed by atoms with Crippen LogP contribution in [-0.4, -0.2) is 30.0 Å². The van der Waals surface area contributed by atoms with E-state index in [9.17, 15) is 19.7 Å². The highest BCUT2D eigenvalue weighted by molar-refractivity contribution is 9.10. The van der Waals surface area contributed by atoms with Crippen molar-refractivity contribution in [2.75, 3.05) is 17.1 Å². The lowest BCUT2D eigenvalue weighted by Crippen LogP contribution is -2.37. The van der Waals surface area contributed by atoms with Crippen LogP contribution in [0.5, 0.6) is 5.75 Å². The maximum absolute atomic E-state index is 13.7. The first-order valence-electron chi connectivity index (χ1n) is 10.5. The summed E-state index contributed by atoms with van der Waals surface area (Å²) in [5, 5.41) is 13.2. The fourth-order valence-electron chi connectivity index (χ4n) is 4.48. The molecule has 2 saturated heterocycles. The predicted molar refractivity (Wildman–Crippen MR) is 131 cm³/mol. The number of carbonyl (C=O) groups is 2. The van der Waals surface area contributed by atoms with Crippen molar-refractivity contribution >= 4 is 56.4 Å². The molecule has 9 nitrogen and oxygen atoms in total. The molecule has 2 heterocycles. The number of non-ortho nitro benzene ring substituents is 1. The summed E-state index contributed by atoms with van der Waals surface area (Å²) < 4.78 is 6.28. The summed E-state index contributed by atoms with van der Waals surface area (Å²) in [4.78, 5) is 45.1. The third kappa shape index (κ3) is 3.93. The van der Waals surface area contributed by atoms with Crippen LogP contribution < -0.4 is 14.7 Å². The molecule has 178 valence electrons. The summed E-state index contributed by atoms with van der Waals surface area (Å²) in [6.07, 6.45) is -1.13. The molecular formula is C24H17BrClN3O6. The van der Waals surface area contributed by atoms with Gasteiger partial charge in [0.25, 0.3) is 11.6 Å². The number of benzene rings is 3. The molecule has 0 saturated carbocycles. The minimum absolute atomic E-state index is 0.149. The maximum Gasteiger partial charge on any atom is 0.271 e. The zero-order chi connectivity index (χ0) is 24.9. The second-order valence-electron chi connectivity index (χ2n) is 7.97. The minimum Gasteiger partial charge on any atom is -0.496 e. The summed E-state index contributed by atoms with van der Waals surface area (Å²) in [5.41, 5.74) is 1.15. The maximum atomic E-state index is 13.7. The number of anilines is 2. The van der Waals surface area contributed by atoms with Gasteiger partial charge < -0.3 is 4.74 Å². The molecule has 3 unspecified atom stereocenters. The zero-order valence-corrected chi connectivity index (χ0v) is 20.5. The molecule has 2 aliphatic rings. The zero-order valence-electron chi connectivity index (χ0n) is 18.1. The Kier molecular flexibility index (Phi) is 5.96. The van der Waals surface area contributed by atoms with Crippen molar-refractivity contribution in [3.63, 3.8) is 0 Å². The van der Waals surface area contributed by atoms with E-state index in [0.717, 1.165) is 9.37 Å². The molecule has 5 rings (SSSR count).